The summed E-state index contributed by atoms with van der Waals surface area (Å²) in [6.07, 6.45) is -11.4. The van der Waals surface area contributed by atoms with Gasteiger partial charge in [0, 0.05) is 0 Å². The summed E-state index contributed by atoms with van der Waals surface area (Å²) < 4.78 is 0. The summed E-state index contributed by atoms with van der Waals surface area (Å²) in [6, 6.07) is 0. The molecule has 0 spiro atoms. The maximum absolute atomic E-state index is 10.6. The molecule has 0 unspecified atom stereocenters. The van der Waals surface area contributed by atoms with Crippen molar-refractivity contribution in [3.8, 4) is 0 Å². The van der Waals surface area contributed by atoms with Gasteiger partial charge in [-0.1, -0.05) is 0 Å². The highest BCUT2D eigenvalue weighted by molar-refractivity contribution is 6.58. The maximum atomic E-state index is 10.6. The predicted octanol–water partition coefficient (Wildman–Crippen LogP) is -7.43. The first kappa shape index (κ1) is 24.4. The van der Waals surface area contributed by atoms with Crippen LogP contribution in [0.3, 0.4) is 0 Å². The number of carbonyl (C=O) groups excluding carboxylic acids is 2. The van der Waals surface area contributed by atoms with Crippen molar-refractivity contribution in [2.24, 2.45) is 0 Å². The minimum atomic E-state index is -1.76. The average molecular weight is 360 g/mol. The number of hydrogen-bond donors (Lipinski definition) is 9. The molecule has 138 valence electrons. The number of carbonyl (C=O) groups is 2. The monoisotopic (exact) mass is 360 g/mol. The van der Waals surface area contributed by atoms with E-state index in [-0.39, 0.29) is 16.5 Å². The number of aldehydes is 1. The molecular weight excluding hydrogens is 336 g/mol. The SMILES string of the molecule is O=C([SiH3])[C@H](O)[C@@H](O)[C@@H](O)[C@H](O)CO.O=C[C@@H](O)[C@H](O)[C@H](O)CO. The lowest BCUT2D eigenvalue weighted by molar-refractivity contribution is -0.140. The van der Waals surface area contributed by atoms with Gasteiger partial charge in [0.2, 0.25) is 0 Å². The van der Waals surface area contributed by atoms with E-state index in [0.29, 0.717) is 0 Å². The fraction of sp³-hybridized carbons (Fsp3) is 0.818. The Morgan fingerprint density at radius 1 is 0.826 bits per heavy atom. The van der Waals surface area contributed by atoms with E-state index in [1.54, 1.807) is 0 Å². The van der Waals surface area contributed by atoms with Gasteiger partial charge in [0.05, 0.1) is 23.5 Å². The molecular formula is C11H24O11Si. The molecule has 0 aromatic heterocycles. The van der Waals surface area contributed by atoms with Gasteiger partial charge in [-0.05, 0) is 0 Å². The molecule has 0 heterocycles. The Balaban J connectivity index is 0. The molecule has 0 rings (SSSR count). The first-order chi connectivity index (χ1) is 10.5. The zero-order valence-corrected chi connectivity index (χ0v) is 14.4. The molecule has 0 radical (unpaired) electrons. The lowest BCUT2D eigenvalue weighted by Gasteiger charge is -2.24. The Labute approximate surface area is 134 Å². The number of rotatable bonds is 9. The quantitative estimate of drug-likeness (QED) is 0.139. The molecule has 0 fully saturated rings. The highest BCUT2D eigenvalue weighted by atomic mass is 28.1. The summed E-state index contributed by atoms with van der Waals surface area (Å²) in [5, 5.41) is 77.9. The van der Waals surface area contributed by atoms with Crippen LogP contribution in [0.4, 0.5) is 0 Å². The van der Waals surface area contributed by atoms with Crippen molar-refractivity contribution in [1.82, 2.24) is 0 Å². The third-order valence-electron chi connectivity index (χ3n) is 2.74. The van der Waals surface area contributed by atoms with Crippen molar-refractivity contribution in [3.05, 3.63) is 0 Å². The highest BCUT2D eigenvalue weighted by Gasteiger charge is 2.31. The van der Waals surface area contributed by atoms with Crippen molar-refractivity contribution in [2.75, 3.05) is 13.2 Å². The molecule has 0 aromatic carbocycles. The van der Waals surface area contributed by atoms with Crippen LogP contribution in [0, 0.1) is 0 Å². The third kappa shape index (κ3) is 9.16. The van der Waals surface area contributed by atoms with Crippen LogP contribution in [0.25, 0.3) is 0 Å². The number of aliphatic hydroxyl groups is 9. The molecule has 0 bridgehead atoms. The van der Waals surface area contributed by atoms with Gasteiger partial charge in [-0.15, -0.1) is 0 Å². The summed E-state index contributed by atoms with van der Waals surface area (Å²) in [7, 11) is 0.0397. The Morgan fingerprint density at radius 3 is 1.52 bits per heavy atom. The largest absolute Gasteiger partial charge is 0.394 e. The van der Waals surface area contributed by atoms with Crippen molar-refractivity contribution >= 4 is 21.9 Å². The second-order valence-corrected chi connectivity index (χ2v) is 5.64. The van der Waals surface area contributed by atoms with Gasteiger partial charge in [0.15, 0.2) is 6.29 Å². The van der Waals surface area contributed by atoms with Crippen LogP contribution in [0.2, 0.25) is 0 Å². The molecule has 0 aliphatic heterocycles. The fourth-order valence-corrected chi connectivity index (χ4v) is 1.52. The lowest BCUT2D eigenvalue weighted by atomic mass is 10.0. The first-order valence-corrected chi connectivity index (χ1v) is 7.48. The van der Waals surface area contributed by atoms with Crippen LogP contribution in [-0.4, -0.2) is 124 Å². The van der Waals surface area contributed by atoms with Crippen molar-refractivity contribution in [2.45, 2.75) is 42.7 Å². The van der Waals surface area contributed by atoms with E-state index in [4.69, 9.17) is 46.0 Å². The molecule has 12 heteroatoms. The average Bonchev–Trinajstić information content (AvgIpc) is 2.56. The number of hydrogen-bond acceptors (Lipinski definition) is 11. The smallest absolute Gasteiger partial charge is 0.151 e. The Kier molecular flexibility index (Phi) is 13.4. The molecule has 0 saturated carbocycles. The van der Waals surface area contributed by atoms with Crippen molar-refractivity contribution in [3.63, 3.8) is 0 Å². The topological polar surface area (TPSA) is 216 Å². The normalized spacial score (nSPS) is 20.2. The maximum Gasteiger partial charge on any atom is 0.151 e. The first-order valence-electron chi connectivity index (χ1n) is 6.48. The van der Waals surface area contributed by atoms with Crippen LogP contribution < -0.4 is 0 Å². The third-order valence-corrected chi connectivity index (χ3v) is 3.33. The molecule has 11 nitrogen and oxygen atoms in total. The van der Waals surface area contributed by atoms with Crippen LogP contribution in [0.5, 0.6) is 0 Å². The molecule has 23 heavy (non-hydrogen) atoms. The fourth-order valence-electron chi connectivity index (χ4n) is 1.18. The van der Waals surface area contributed by atoms with Crippen LogP contribution >= 0.6 is 0 Å². The van der Waals surface area contributed by atoms with Crippen LogP contribution in [-0.2, 0) is 9.59 Å². The van der Waals surface area contributed by atoms with E-state index < -0.39 is 61.3 Å². The summed E-state index contributed by atoms with van der Waals surface area (Å²) in [4.78, 5) is 20.4. The van der Waals surface area contributed by atoms with Gasteiger partial charge in [-0.2, -0.15) is 0 Å². The molecule has 9 N–H and O–H groups in total. The van der Waals surface area contributed by atoms with E-state index in [9.17, 15) is 9.59 Å². The molecule has 0 saturated heterocycles. The molecule has 0 aliphatic rings. The van der Waals surface area contributed by atoms with Crippen LogP contribution in [0.15, 0.2) is 0 Å². The second-order valence-electron chi connectivity index (χ2n) is 4.65. The molecule has 0 aliphatic carbocycles. The minimum Gasteiger partial charge on any atom is -0.394 e. The van der Waals surface area contributed by atoms with Gasteiger partial charge in [-0.3, -0.25) is 0 Å². The van der Waals surface area contributed by atoms with Gasteiger partial charge in [0.25, 0.3) is 0 Å². The van der Waals surface area contributed by atoms with E-state index in [1.165, 1.54) is 0 Å². The standard InChI is InChI=1S/C6H14O6Si.C5H10O5/c7-1-2(8)3(9)4(10)5(11)6(12)13;6-1-3(8)5(10)4(9)2-7/h2-5,7-11H,1H2,13H3;1,3-5,7-10H,2H2/t2-,3+,4+,5-;3-,4-,5+/m11/s1. The van der Waals surface area contributed by atoms with Crippen molar-refractivity contribution in [1.29, 1.82) is 0 Å². The summed E-state index contributed by atoms with van der Waals surface area (Å²) in [5.74, 6) is 0. The second kappa shape index (κ2) is 12.6. The Morgan fingerprint density at radius 2 is 1.22 bits per heavy atom. The summed E-state index contributed by atoms with van der Waals surface area (Å²) in [6.45, 7) is -1.44. The van der Waals surface area contributed by atoms with Gasteiger partial charge in [0.1, 0.15) is 48.1 Å². The van der Waals surface area contributed by atoms with Crippen LogP contribution in [0.1, 0.15) is 0 Å². The molecule has 7 atom stereocenters. The zero-order valence-electron chi connectivity index (χ0n) is 12.4. The van der Waals surface area contributed by atoms with Gasteiger partial charge < -0.3 is 55.5 Å². The van der Waals surface area contributed by atoms with E-state index in [1.807, 2.05) is 0 Å². The van der Waals surface area contributed by atoms with E-state index in [2.05, 4.69) is 0 Å². The van der Waals surface area contributed by atoms with Gasteiger partial charge >= 0.3 is 0 Å². The predicted molar refractivity (Wildman–Crippen MR) is 77.2 cm³/mol. The van der Waals surface area contributed by atoms with Gasteiger partial charge in [-0.25, -0.2) is 0 Å². The summed E-state index contributed by atoms with van der Waals surface area (Å²) in [5.41, 5.74) is 0. The Bertz CT molecular complexity index is 342. The highest BCUT2D eigenvalue weighted by Crippen LogP contribution is 2.04. The zero-order chi connectivity index (χ0) is 18.7. The van der Waals surface area contributed by atoms with Crippen molar-refractivity contribution < 1.29 is 55.5 Å². The lowest BCUT2D eigenvalue weighted by Crippen LogP contribution is -2.48. The Hall–Kier alpha value is -0.803. The summed E-state index contributed by atoms with van der Waals surface area (Å²) >= 11 is 0. The molecule has 0 amide bonds. The van der Waals surface area contributed by atoms with E-state index in [0.717, 1.165) is 0 Å². The molecule has 0 aromatic rings. The number of aliphatic hydroxyl groups excluding tert-OH is 9. The van der Waals surface area contributed by atoms with E-state index >= 15 is 0 Å². The minimum absolute atomic E-state index is 0.0397.